The van der Waals surface area contributed by atoms with E-state index in [2.05, 4.69) is 28.9 Å². The van der Waals surface area contributed by atoms with Gasteiger partial charge in [-0.15, -0.1) is 0 Å². The van der Waals surface area contributed by atoms with Crippen molar-refractivity contribution in [2.24, 2.45) is 0 Å². The van der Waals surface area contributed by atoms with E-state index in [1.54, 1.807) is 18.2 Å². The van der Waals surface area contributed by atoms with Gasteiger partial charge in [-0.2, -0.15) is 0 Å². The molecule has 26 heavy (non-hydrogen) atoms. The van der Waals surface area contributed by atoms with E-state index in [0.717, 1.165) is 23.4 Å². The van der Waals surface area contributed by atoms with Gasteiger partial charge in [-0.3, -0.25) is 4.79 Å². The highest BCUT2D eigenvalue weighted by atomic mass is 16.5. The van der Waals surface area contributed by atoms with Crippen LogP contribution < -0.4 is 10.1 Å². The number of hydrogen-bond donors (Lipinski definition) is 1. The van der Waals surface area contributed by atoms with Crippen LogP contribution in [0.2, 0.25) is 0 Å². The van der Waals surface area contributed by atoms with Crippen molar-refractivity contribution >= 4 is 12.0 Å². The van der Waals surface area contributed by atoms with Crippen LogP contribution in [0.15, 0.2) is 67.3 Å². The molecule has 0 radical (unpaired) electrons. The first kappa shape index (κ1) is 19.5. The zero-order valence-corrected chi connectivity index (χ0v) is 15.4. The van der Waals surface area contributed by atoms with Crippen molar-refractivity contribution in [3.63, 3.8) is 0 Å². The van der Waals surface area contributed by atoms with Crippen LogP contribution >= 0.6 is 0 Å². The van der Waals surface area contributed by atoms with Crippen LogP contribution in [-0.4, -0.2) is 31.5 Å². The van der Waals surface area contributed by atoms with Crippen LogP contribution in [0.25, 0.3) is 6.08 Å². The summed E-state index contributed by atoms with van der Waals surface area (Å²) in [5, 5.41) is 2.90. The highest BCUT2D eigenvalue weighted by Crippen LogP contribution is 2.13. The summed E-state index contributed by atoms with van der Waals surface area (Å²) >= 11 is 0. The van der Waals surface area contributed by atoms with Crippen LogP contribution in [0.5, 0.6) is 5.75 Å². The Morgan fingerprint density at radius 1 is 1.08 bits per heavy atom. The van der Waals surface area contributed by atoms with Crippen LogP contribution in [0.1, 0.15) is 16.7 Å². The minimum absolute atomic E-state index is 0.116. The van der Waals surface area contributed by atoms with E-state index in [4.69, 9.17) is 4.74 Å². The summed E-state index contributed by atoms with van der Waals surface area (Å²) in [6.07, 6.45) is 5.03. The molecule has 0 bridgehead atoms. The molecular weight excluding hydrogens is 324 g/mol. The third-order valence-electron chi connectivity index (χ3n) is 3.66. The Bertz CT molecular complexity index is 732. The maximum atomic E-state index is 12.0. The van der Waals surface area contributed by atoms with Crippen LogP contribution in [0, 0.1) is 0 Å². The molecule has 0 atom stereocenters. The normalized spacial score (nSPS) is 10.9. The molecule has 0 unspecified atom stereocenters. The fourth-order valence-electron chi connectivity index (χ4n) is 2.38. The Balaban J connectivity index is 1.80. The number of carbonyl (C=O) groups excluding carboxylic acids is 1. The van der Waals surface area contributed by atoms with E-state index in [9.17, 15) is 4.79 Å². The standard InChI is InChI=1S/C22H26N2O2/c1-4-15-26-21-12-9-18(10-13-21)11-14-22(25)23-16-19-5-7-20(8-6-19)17-24(2)3/h4-14H,1,15-17H2,2-3H3,(H,23,25)/b14-11+. The van der Waals surface area contributed by atoms with Gasteiger partial charge in [-0.1, -0.05) is 49.1 Å². The number of benzene rings is 2. The summed E-state index contributed by atoms with van der Waals surface area (Å²) in [4.78, 5) is 14.1. The lowest BCUT2D eigenvalue weighted by molar-refractivity contribution is -0.116. The third kappa shape index (κ3) is 6.95. The molecule has 0 aliphatic carbocycles. The van der Waals surface area contributed by atoms with Crippen molar-refractivity contribution in [2.45, 2.75) is 13.1 Å². The van der Waals surface area contributed by atoms with Gasteiger partial charge in [0.2, 0.25) is 5.91 Å². The van der Waals surface area contributed by atoms with E-state index in [1.165, 1.54) is 5.56 Å². The predicted octanol–water partition coefficient (Wildman–Crippen LogP) is 3.64. The molecule has 0 saturated heterocycles. The molecule has 2 rings (SSSR count). The van der Waals surface area contributed by atoms with Gasteiger partial charge in [-0.05, 0) is 49.0 Å². The maximum absolute atomic E-state index is 12.0. The molecule has 0 aliphatic rings. The molecule has 0 heterocycles. The van der Waals surface area contributed by atoms with Gasteiger partial charge in [0.15, 0.2) is 0 Å². The monoisotopic (exact) mass is 350 g/mol. The van der Waals surface area contributed by atoms with E-state index < -0.39 is 0 Å². The lowest BCUT2D eigenvalue weighted by atomic mass is 10.1. The molecule has 0 spiro atoms. The number of nitrogens with one attached hydrogen (secondary N) is 1. The average molecular weight is 350 g/mol. The first-order valence-electron chi connectivity index (χ1n) is 8.59. The molecule has 0 fully saturated rings. The number of amides is 1. The van der Waals surface area contributed by atoms with Gasteiger partial charge < -0.3 is 15.0 Å². The van der Waals surface area contributed by atoms with E-state index in [0.29, 0.717) is 13.2 Å². The van der Waals surface area contributed by atoms with Crippen LogP contribution in [-0.2, 0) is 17.9 Å². The third-order valence-corrected chi connectivity index (χ3v) is 3.66. The summed E-state index contributed by atoms with van der Waals surface area (Å²) in [5.41, 5.74) is 3.28. The molecule has 1 N–H and O–H groups in total. The molecule has 0 saturated carbocycles. The zero-order chi connectivity index (χ0) is 18.8. The second-order valence-electron chi connectivity index (χ2n) is 6.27. The molecule has 4 heteroatoms. The SMILES string of the molecule is C=CCOc1ccc(/C=C/C(=O)NCc2ccc(CN(C)C)cc2)cc1. The van der Waals surface area contributed by atoms with E-state index in [-0.39, 0.29) is 5.91 Å². The van der Waals surface area contributed by atoms with Crippen molar-refractivity contribution in [2.75, 3.05) is 20.7 Å². The minimum Gasteiger partial charge on any atom is -0.490 e. The summed E-state index contributed by atoms with van der Waals surface area (Å²) in [7, 11) is 4.09. The zero-order valence-electron chi connectivity index (χ0n) is 15.4. The number of rotatable bonds is 9. The van der Waals surface area contributed by atoms with Gasteiger partial charge >= 0.3 is 0 Å². The van der Waals surface area contributed by atoms with Gasteiger partial charge in [0.05, 0.1) is 0 Å². The summed E-state index contributed by atoms with van der Waals surface area (Å²) in [5.74, 6) is 0.665. The van der Waals surface area contributed by atoms with Crippen molar-refractivity contribution in [3.05, 3.63) is 84.0 Å². The Kier molecular flexibility index (Phi) is 7.65. The molecule has 2 aromatic rings. The van der Waals surface area contributed by atoms with Gasteiger partial charge in [0, 0.05) is 19.2 Å². The fourth-order valence-corrected chi connectivity index (χ4v) is 2.38. The Labute approximate surface area is 155 Å². The van der Waals surface area contributed by atoms with Gasteiger partial charge in [0.1, 0.15) is 12.4 Å². The smallest absolute Gasteiger partial charge is 0.244 e. The molecule has 0 aliphatic heterocycles. The molecule has 136 valence electrons. The summed E-state index contributed by atoms with van der Waals surface area (Å²) in [6, 6.07) is 15.8. The Morgan fingerprint density at radius 2 is 1.73 bits per heavy atom. The van der Waals surface area contributed by atoms with E-state index in [1.807, 2.05) is 50.5 Å². The van der Waals surface area contributed by atoms with E-state index >= 15 is 0 Å². The van der Waals surface area contributed by atoms with Crippen molar-refractivity contribution in [3.8, 4) is 5.75 Å². The molecular formula is C22H26N2O2. The molecule has 1 amide bonds. The quantitative estimate of drug-likeness (QED) is 0.554. The number of carbonyl (C=O) groups is 1. The van der Waals surface area contributed by atoms with Crippen molar-refractivity contribution in [1.29, 1.82) is 0 Å². The molecule has 2 aromatic carbocycles. The summed E-state index contributed by atoms with van der Waals surface area (Å²) < 4.78 is 5.43. The first-order chi connectivity index (χ1) is 12.6. The summed E-state index contributed by atoms with van der Waals surface area (Å²) in [6.45, 7) is 5.52. The largest absolute Gasteiger partial charge is 0.490 e. The van der Waals surface area contributed by atoms with Crippen LogP contribution in [0.4, 0.5) is 0 Å². The first-order valence-corrected chi connectivity index (χ1v) is 8.59. The fraction of sp³-hybridized carbons (Fsp3) is 0.227. The maximum Gasteiger partial charge on any atom is 0.244 e. The molecule has 0 aromatic heterocycles. The molecule has 4 nitrogen and oxygen atoms in total. The Hall–Kier alpha value is -2.85. The number of nitrogens with zero attached hydrogens (tertiary/aromatic N) is 1. The van der Waals surface area contributed by atoms with Gasteiger partial charge in [-0.25, -0.2) is 0 Å². The second-order valence-corrected chi connectivity index (χ2v) is 6.27. The highest BCUT2D eigenvalue weighted by Gasteiger charge is 1.99. The number of hydrogen-bond acceptors (Lipinski definition) is 3. The predicted molar refractivity (Wildman–Crippen MR) is 107 cm³/mol. The second kappa shape index (κ2) is 10.2. The highest BCUT2D eigenvalue weighted by molar-refractivity contribution is 5.91. The topological polar surface area (TPSA) is 41.6 Å². The lowest BCUT2D eigenvalue weighted by Gasteiger charge is -2.10. The Morgan fingerprint density at radius 3 is 2.35 bits per heavy atom. The average Bonchev–Trinajstić information content (AvgIpc) is 2.64. The van der Waals surface area contributed by atoms with Crippen molar-refractivity contribution in [1.82, 2.24) is 10.2 Å². The van der Waals surface area contributed by atoms with Crippen LogP contribution in [0.3, 0.4) is 0 Å². The van der Waals surface area contributed by atoms with Gasteiger partial charge in [0.25, 0.3) is 0 Å². The number of ether oxygens (including phenoxy) is 1. The lowest BCUT2D eigenvalue weighted by Crippen LogP contribution is -2.20. The minimum atomic E-state index is -0.116. The van der Waals surface area contributed by atoms with Crippen molar-refractivity contribution < 1.29 is 9.53 Å².